The fourth-order valence-electron chi connectivity index (χ4n) is 2.48. The Hall–Kier alpha value is -0.910. The normalized spacial score (nSPS) is 16.1. The van der Waals surface area contributed by atoms with E-state index in [0.29, 0.717) is 29.3 Å². The van der Waals surface area contributed by atoms with Gasteiger partial charge in [-0.3, -0.25) is 0 Å². The number of hydrogen-bond acceptors (Lipinski definition) is 3. The molecule has 4 nitrogen and oxygen atoms in total. The van der Waals surface area contributed by atoms with E-state index in [1.807, 2.05) is 18.2 Å². The van der Waals surface area contributed by atoms with E-state index in [1.165, 1.54) is 0 Å². The zero-order chi connectivity index (χ0) is 16.1. The molecule has 1 fully saturated rings. The van der Waals surface area contributed by atoms with Crippen molar-refractivity contribution in [2.75, 3.05) is 25.0 Å². The summed E-state index contributed by atoms with van der Waals surface area (Å²) in [6, 6.07) is 5.48. The second kappa shape index (κ2) is 8.09. The Morgan fingerprint density at radius 2 is 2.14 bits per heavy atom. The van der Waals surface area contributed by atoms with Gasteiger partial charge in [0, 0.05) is 29.8 Å². The highest BCUT2D eigenvalue weighted by molar-refractivity contribution is 8.00. The SMILES string of the molecule is CC(C)Sc1c(Cl)cccc1NC(=O)N1CCC(CO)CC1. The standard InChI is InChI=1S/C16H23ClN2O2S/c1-11(2)22-15-13(17)4-3-5-14(15)18-16(21)19-8-6-12(10-20)7-9-19/h3-5,11-12,20H,6-10H2,1-2H3,(H,18,21). The molecule has 2 N–H and O–H groups in total. The van der Waals surface area contributed by atoms with Gasteiger partial charge in [-0.25, -0.2) is 4.79 Å². The van der Waals surface area contributed by atoms with Crippen molar-refractivity contribution in [2.24, 2.45) is 5.92 Å². The van der Waals surface area contributed by atoms with Crippen molar-refractivity contribution in [3.05, 3.63) is 23.2 Å². The molecule has 1 aliphatic rings. The number of nitrogens with zero attached hydrogens (tertiary/aromatic N) is 1. The van der Waals surface area contributed by atoms with Gasteiger partial charge in [0.05, 0.1) is 10.7 Å². The van der Waals surface area contributed by atoms with Crippen molar-refractivity contribution in [3.8, 4) is 0 Å². The van der Waals surface area contributed by atoms with Crippen LogP contribution in [0.15, 0.2) is 23.1 Å². The Balaban J connectivity index is 2.04. The number of hydrogen-bond donors (Lipinski definition) is 2. The molecule has 2 amide bonds. The highest BCUT2D eigenvalue weighted by Gasteiger charge is 2.23. The van der Waals surface area contributed by atoms with Crippen molar-refractivity contribution in [2.45, 2.75) is 36.8 Å². The molecule has 122 valence electrons. The van der Waals surface area contributed by atoms with Gasteiger partial charge in [0.25, 0.3) is 0 Å². The molecule has 0 aromatic heterocycles. The number of carbonyl (C=O) groups excluding carboxylic acids is 1. The van der Waals surface area contributed by atoms with Gasteiger partial charge in [-0.15, -0.1) is 11.8 Å². The van der Waals surface area contributed by atoms with E-state index in [2.05, 4.69) is 19.2 Å². The number of benzene rings is 1. The molecule has 1 aromatic rings. The molecule has 2 rings (SSSR count). The Kier molecular flexibility index (Phi) is 6.41. The first-order valence-electron chi connectivity index (χ1n) is 7.63. The average molecular weight is 343 g/mol. The van der Waals surface area contributed by atoms with Crippen LogP contribution in [0.2, 0.25) is 5.02 Å². The van der Waals surface area contributed by atoms with Gasteiger partial charge in [0.1, 0.15) is 0 Å². The number of nitrogens with one attached hydrogen (secondary N) is 1. The van der Waals surface area contributed by atoms with Crippen LogP contribution in [0.25, 0.3) is 0 Å². The van der Waals surface area contributed by atoms with Crippen molar-refractivity contribution in [1.29, 1.82) is 0 Å². The maximum Gasteiger partial charge on any atom is 0.321 e. The number of rotatable bonds is 4. The molecule has 0 aliphatic carbocycles. The van der Waals surface area contributed by atoms with Gasteiger partial charge in [-0.1, -0.05) is 31.5 Å². The van der Waals surface area contributed by atoms with Crippen LogP contribution in [0.4, 0.5) is 10.5 Å². The summed E-state index contributed by atoms with van der Waals surface area (Å²) in [7, 11) is 0. The number of carbonyl (C=O) groups is 1. The van der Waals surface area contributed by atoms with Crippen molar-refractivity contribution in [1.82, 2.24) is 4.90 Å². The lowest BCUT2D eigenvalue weighted by Crippen LogP contribution is -2.41. The highest BCUT2D eigenvalue weighted by Crippen LogP contribution is 2.36. The molecule has 1 saturated heterocycles. The molecule has 0 spiro atoms. The zero-order valence-corrected chi connectivity index (χ0v) is 14.6. The lowest BCUT2D eigenvalue weighted by molar-refractivity contribution is 0.143. The minimum Gasteiger partial charge on any atom is -0.396 e. The quantitative estimate of drug-likeness (QED) is 0.811. The van der Waals surface area contributed by atoms with Gasteiger partial charge >= 0.3 is 6.03 Å². The Morgan fingerprint density at radius 3 is 2.73 bits per heavy atom. The topological polar surface area (TPSA) is 52.6 Å². The van der Waals surface area contributed by atoms with Crippen molar-refractivity contribution in [3.63, 3.8) is 0 Å². The molecule has 6 heteroatoms. The summed E-state index contributed by atoms with van der Waals surface area (Å²) in [5, 5.41) is 13.2. The Bertz CT molecular complexity index is 517. The first kappa shape index (κ1) is 17.4. The van der Waals surface area contributed by atoms with Gasteiger partial charge in [-0.2, -0.15) is 0 Å². The number of likely N-dealkylation sites (tertiary alicyclic amines) is 1. The second-order valence-electron chi connectivity index (χ2n) is 5.83. The average Bonchev–Trinajstić information content (AvgIpc) is 2.50. The summed E-state index contributed by atoms with van der Waals surface area (Å²) in [6.07, 6.45) is 1.71. The lowest BCUT2D eigenvalue weighted by atomic mass is 9.98. The summed E-state index contributed by atoms with van der Waals surface area (Å²) in [6.45, 7) is 5.77. The first-order valence-corrected chi connectivity index (χ1v) is 8.89. The third kappa shape index (κ3) is 4.54. The van der Waals surface area contributed by atoms with Gasteiger partial charge < -0.3 is 15.3 Å². The number of aliphatic hydroxyl groups is 1. The van der Waals surface area contributed by atoms with E-state index in [9.17, 15) is 4.79 Å². The minimum absolute atomic E-state index is 0.0933. The van der Waals surface area contributed by atoms with Crippen LogP contribution in [0.5, 0.6) is 0 Å². The predicted molar refractivity (Wildman–Crippen MR) is 92.8 cm³/mol. The van der Waals surface area contributed by atoms with Gasteiger partial charge in [-0.05, 0) is 30.9 Å². The van der Waals surface area contributed by atoms with E-state index in [4.69, 9.17) is 16.7 Å². The molecule has 22 heavy (non-hydrogen) atoms. The molecule has 1 aromatic carbocycles. The highest BCUT2D eigenvalue weighted by atomic mass is 35.5. The number of anilines is 1. The molecule has 0 bridgehead atoms. The first-order chi connectivity index (χ1) is 10.5. The monoisotopic (exact) mass is 342 g/mol. The molecule has 0 radical (unpaired) electrons. The maximum atomic E-state index is 12.4. The van der Waals surface area contributed by atoms with Crippen molar-refractivity contribution < 1.29 is 9.90 Å². The van der Waals surface area contributed by atoms with Crippen LogP contribution < -0.4 is 5.32 Å². The number of amides is 2. The number of aliphatic hydroxyl groups excluding tert-OH is 1. The zero-order valence-electron chi connectivity index (χ0n) is 13.0. The van der Waals surface area contributed by atoms with E-state index in [0.717, 1.165) is 23.4 Å². The van der Waals surface area contributed by atoms with Crippen LogP contribution in [0.3, 0.4) is 0 Å². The summed E-state index contributed by atoms with van der Waals surface area (Å²) >= 11 is 7.91. The molecule has 0 atom stereocenters. The van der Waals surface area contributed by atoms with Gasteiger partial charge in [0.2, 0.25) is 0 Å². The molecular formula is C16H23ClN2O2S. The number of halogens is 1. The molecule has 0 saturated carbocycles. The summed E-state index contributed by atoms with van der Waals surface area (Å²) in [5.74, 6) is 0.322. The van der Waals surface area contributed by atoms with Crippen LogP contribution in [-0.4, -0.2) is 41.0 Å². The Morgan fingerprint density at radius 1 is 1.45 bits per heavy atom. The van der Waals surface area contributed by atoms with Crippen molar-refractivity contribution >= 4 is 35.1 Å². The Labute approximate surface area is 141 Å². The summed E-state index contributed by atoms with van der Waals surface area (Å²) < 4.78 is 0. The van der Waals surface area contributed by atoms with E-state index < -0.39 is 0 Å². The number of piperidine rings is 1. The van der Waals surface area contributed by atoms with Gasteiger partial charge in [0.15, 0.2) is 0 Å². The van der Waals surface area contributed by atoms with E-state index in [1.54, 1.807) is 16.7 Å². The molecular weight excluding hydrogens is 320 g/mol. The molecule has 1 heterocycles. The maximum absolute atomic E-state index is 12.4. The predicted octanol–water partition coefficient (Wildman–Crippen LogP) is 4.08. The van der Waals surface area contributed by atoms with E-state index in [-0.39, 0.29) is 12.6 Å². The number of urea groups is 1. The summed E-state index contributed by atoms with van der Waals surface area (Å²) in [4.78, 5) is 15.1. The summed E-state index contributed by atoms with van der Waals surface area (Å²) in [5.41, 5.74) is 0.764. The number of thioether (sulfide) groups is 1. The minimum atomic E-state index is -0.0933. The molecule has 0 unspecified atom stereocenters. The second-order valence-corrected chi connectivity index (χ2v) is 7.82. The van der Waals surface area contributed by atoms with Crippen LogP contribution >= 0.6 is 23.4 Å². The van der Waals surface area contributed by atoms with Crippen LogP contribution in [0.1, 0.15) is 26.7 Å². The van der Waals surface area contributed by atoms with E-state index >= 15 is 0 Å². The van der Waals surface area contributed by atoms with Crippen LogP contribution in [-0.2, 0) is 0 Å². The largest absolute Gasteiger partial charge is 0.396 e. The fourth-order valence-corrected chi connectivity index (χ4v) is 3.68. The lowest BCUT2D eigenvalue weighted by Gasteiger charge is -2.31. The molecule has 1 aliphatic heterocycles. The smallest absolute Gasteiger partial charge is 0.321 e. The fraction of sp³-hybridized carbons (Fsp3) is 0.562. The third-order valence-corrected chi connectivity index (χ3v) is 5.30. The third-order valence-electron chi connectivity index (χ3n) is 3.72. The van der Waals surface area contributed by atoms with Crippen LogP contribution in [0, 0.1) is 5.92 Å².